The van der Waals surface area contributed by atoms with Gasteiger partial charge in [0.05, 0.1) is 6.10 Å². The van der Waals surface area contributed by atoms with Crippen molar-refractivity contribution in [2.24, 2.45) is 0 Å². The number of carbonyl (C=O) groups is 1. The highest BCUT2D eigenvalue weighted by molar-refractivity contribution is 5.83. The molecule has 1 aromatic heterocycles. The molecule has 0 saturated heterocycles. The number of H-pyrrole nitrogens is 1. The number of urea groups is 1. The highest BCUT2D eigenvalue weighted by Crippen LogP contribution is 2.19. The average molecular weight is 307 g/mol. The first-order chi connectivity index (χ1) is 10.6. The van der Waals surface area contributed by atoms with E-state index in [1.165, 1.54) is 12.1 Å². The average Bonchev–Trinajstić information content (AvgIpc) is 2.88. The van der Waals surface area contributed by atoms with E-state index in [-0.39, 0.29) is 18.4 Å². The molecule has 1 unspecified atom stereocenters. The molecule has 5 nitrogen and oxygen atoms in total. The number of benzene rings is 1. The third-order valence-electron chi connectivity index (χ3n) is 3.53. The van der Waals surface area contributed by atoms with Gasteiger partial charge >= 0.3 is 6.03 Å². The molecule has 2 amide bonds. The Hall–Kier alpha value is -2.08. The van der Waals surface area contributed by atoms with Crippen LogP contribution in [0.15, 0.2) is 24.4 Å². The first kappa shape index (κ1) is 16.3. The lowest BCUT2D eigenvalue weighted by Crippen LogP contribution is -2.40. The van der Waals surface area contributed by atoms with Gasteiger partial charge < -0.3 is 20.7 Å². The predicted molar refractivity (Wildman–Crippen MR) is 84.3 cm³/mol. The van der Waals surface area contributed by atoms with Gasteiger partial charge in [0.15, 0.2) is 0 Å². The highest BCUT2D eigenvalue weighted by atomic mass is 19.1. The minimum Gasteiger partial charge on any atom is -0.391 e. The maximum Gasteiger partial charge on any atom is 0.314 e. The largest absolute Gasteiger partial charge is 0.391 e. The standard InChI is InChI=1S/C16H22FN3O2/c1-2-3-13(21)10-20-16(22)18-7-6-11-9-19-15-5-4-12(17)8-14(11)15/h4-5,8-9,13,19,21H,2-3,6-7,10H2,1H3,(H2,18,20,22). The van der Waals surface area contributed by atoms with Crippen LogP contribution in [0.2, 0.25) is 0 Å². The van der Waals surface area contributed by atoms with Crippen LogP contribution in [0.25, 0.3) is 10.9 Å². The number of halogens is 1. The van der Waals surface area contributed by atoms with Crippen molar-refractivity contribution in [1.82, 2.24) is 15.6 Å². The van der Waals surface area contributed by atoms with Crippen molar-refractivity contribution in [1.29, 1.82) is 0 Å². The normalized spacial score (nSPS) is 12.3. The van der Waals surface area contributed by atoms with Crippen LogP contribution in [0.1, 0.15) is 25.3 Å². The Labute approximate surface area is 128 Å². The summed E-state index contributed by atoms with van der Waals surface area (Å²) >= 11 is 0. The molecule has 0 aliphatic rings. The third-order valence-corrected chi connectivity index (χ3v) is 3.53. The molecule has 0 aliphatic carbocycles. The molecule has 6 heteroatoms. The number of carbonyl (C=O) groups excluding carboxylic acids is 1. The number of hydrogen-bond acceptors (Lipinski definition) is 2. The molecule has 1 aromatic carbocycles. The summed E-state index contributed by atoms with van der Waals surface area (Å²) in [6, 6.07) is 4.29. The minimum absolute atomic E-state index is 0.248. The SMILES string of the molecule is CCCC(O)CNC(=O)NCCc1c[nH]c2ccc(F)cc12. The van der Waals surface area contributed by atoms with Crippen LogP contribution >= 0.6 is 0 Å². The van der Waals surface area contributed by atoms with Crippen LogP contribution in [-0.2, 0) is 6.42 Å². The van der Waals surface area contributed by atoms with Crippen molar-refractivity contribution in [3.05, 3.63) is 35.8 Å². The maximum atomic E-state index is 13.3. The van der Waals surface area contributed by atoms with Gasteiger partial charge in [-0.2, -0.15) is 0 Å². The predicted octanol–water partition coefficient (Wildman–Crippen LogP) is 2.31. The summed E-state index contributed by atoms with van der Waals surface area (Å²) in [7, 11) is 0. The molecule has 4 N–H and O–H groups in total. The van der Waals surface area contributed by atoms with E-state index in [9.17, 15) is 14.3 Å². The first-order valence-corrected chi connectivity index (χ1v) is 7.55. The molecule has 0 radical (unpaired) electrons. The zero-order valence-corrected chi connectivity index (χ0v) is 12.7. The highest BCUT2D eigenvalue weighted by Gasteiger charge is 2.07. The maximum absolute atomic E-state index is 13.3. The number of fused-ring (bicyclic) bond motifs is 1. The van der Waals surface area contributed by atoms with Gasteiger partial charge in [0.25, 0.3) is 0 Å². The second kappa shape index (κ2) is 7.79. The van der Waals surface area contributed by atoms with E-state index in [1.807, 2.05) is 13.1 Å². The lowest BCUT2D eigenvalue weighted by atomic mass is 10.1. The molecule has 2 rings (SSSR count). The van der Waals surface area contributed by atoms with Crippen LogP contribution < -0.4 is 10.6 Å². The number of aliphatic hydroxyl groups excluding tert-OH is 1. The van der Waals surface area contributed by atoms with Gasteiger partial charge in [-0.05, 0) is 36.6 Å². The fourth-order valence-corrected chi connectivity index (χ4v) is 2.38. The number of amides is 2. The monoisotopic (exact) mass is 307 g/mol. The Bertz CT molecular complexity index is 627. The molecule has 2 aromatic rings. The fraction of sp³-hybridized carbons (Fsp3) is 0.438. The summed E-state index contributed by atoms with van der Waals surface area (Å²) in [5.74, 6) is -0.274. The molecule has 0 fully saturated rings. The Morgan fingerprint density at radius 2 is 2.23 bits per heavy atom. The van der Waals surface area contributed by atoms with E-state index in [0.29, 0.717) is 19.4 Å². The van der Waals surface area contributed by atoms with Gasteiger partial charge in [0.1, 0.15) is 5.82 Å². The number of aromatic nitrogens is 1. The van der Waals surface area contributed by atoms with E-state index in [4.69, 9.17) is 0 Å². The van der Waals surface area contributed by atoms with Gasteiger partial charge in [-0.3, -0.25) is 0 Å². The van der Waals surface area contributed by atoms with Crippen molar-refractivity contribution in [2.45, 2.75) is 32.3 Å². The topological polar surface area (TPSA) is 77.2 Å². The molecule has 120 valence electrons. The molecule has 0 aliphatic heterocycles. The minimum atomic E-state index is -0.507. The van der Waals surface area contributed by atoms with E-state index < -0.39 is 6.10 Å². The van der Waals surface area contributed by atoms with Gasteiger partial charge in [0.2, 0.25) is 0 Å². The third kappa shape index (κ3) is 4.46. The second-order valence-corrected chi connectivity index (χ2v) is 5.33. The molecule has 1 heterocycles. The summed E-state index contributed by atoms with van der Waals surface area (Å²) in [6.45, 7) is 2.67. The van der Waals surface area contributed by atoms with Crippen molar-refractivity contribution in [3.8, 4) is 0 Å². The number of aromatic amines is 1. The smallest absolute Gasteiger partial charge is 0.314 e. The molecule has 0 saturated carbocycles. The number of hydrogen-bond donors (Lipinski definition) is 4. The van der Waals surface area contributed by atoms with Crippen molar-refractivity contribution < 1.29 is 14.3 Å². The second-order valence-electron chi connectivity index (χ2n) is 5.33. The molecule has 1 atom stereocenters. The number of aliphatic hydroxyl groups is 1. The quantitative estimate of drug-likeness (QED) is 0.633. The summed E-state index contributed by atoms with van der Waals surface area (Å²) in [4.78, 5) is 14.7. The summed E-state index contributed by atoms with van der Waals surface area (Å²) in [5, 5.41) is 15.7. The van der Waals surface area contributed by atoms with Crippen LogP contribution in [0.3, 0.4) is 0 Å². The van der Waals surface area contributed by atoms with Crippen molar-refractivity contribution in [3.63, 3.8) is 0 Å². The van der Waals surface area contributed by atoms with Crippen LogP contribution in [0, 0.1) is 5.82 Å². The van der Waals surface area contributed by atoms with Crippen LogP contribution in [-0.4, -0.2) is 35.3 Å². The van der Waals surface area contributed by atoms with Gasteiger partial charge in [-0.25, -0.2) is 9.18 Å². The molecular weight excluding hydrogens is 285 g/mol. The zero-order valence-electron chi connectivity index (χ0n) is 12.7. The van der Waals surface area contributed by atoms with E-state index in [0.717, 1.165) is 22.9 Å². The van der Waals surface area contributed by atoms with Crippen molar-refractivity contribution in [2.75, 3.05) is 13.1 Å². The van der Waals surface area contributed by atoms with E-state index in [1.54, 1.807) is 6.07 Å². The molecular formula is C16H22FN3O2. The molecule has 0 spiro atoms. The Morgan fingerprint density at radius 3 is 3.00 bits per heavy atom. The van der Waals surface area contributed by atoms with Crippen LogP contribution in [0.4, 0.5) is 9.18 Å². The first-order valence-electron chi connectivity index (χ1n) is 7.55. The lowest BCUT2D eigenvalue weighted by Gasteiger charge is -2.11. The molecule has 0 bridgehead atoms. The van der Waals surface area contributed by atoms with Gasteiger partial charge in [0, 0.05) is 30.2 Å². The Kier molecular flexibility index (Phi) is 5.77. The zero-order chi connectivity index (χ0) is 15.9. The van der Waals surface area contributed by atoms with Gasteiger partial charge in [-0.1, -0.05) is 13.3 Å². The van der Waals surface area contributed by atoms with E-state index in [2.05, 4.69) is 15.6 Å². The summed E-state index contributed by atoms with van der Waals surface area (Å²) in [6.07, 6.45) is 3.47. The van der Waals surface area contributed by atoms with Crippen molar-refractivity contribution >= 4 is 16.9 Å². The fourth-order valence-electron chi connectivity index (χ4n) is 2.38. The lowest BCUT2D eigenvalue weighted by molar-refractivity contribution is 0.160. The van der Waals surface area contributed by atoms with Gasteiger partial charge in [-0.15, -0.1) is 0 Å². The van der Waals surface area contributed by atoms with E-state index >= 15 is 0 Å². The molecule has 22 heavy (non-hydrogen) atoms. The Morgan fingerprint density at radius 1 is 1.41 bits per heavy atom. The number of rotatable bonds is 7. The Balaban J connectivity index is 1.78. The van der Waals surface area contributed by atoms with Crippen LogP contribution in [0.5, 0.6) is 0 Å². The number of nitrogens with one attached hydrogen (secondary N) is 3. The summed E-state index contributed by atoms with van der Waals surface area (Å²) < 4.78 is 13.3. The summed E-state index contributed by atoms with van der Waals surface area (Å²) in [5.41, 5.74) is 1.84.